The molecule has 0 radical (unpaired) electrons. The van der Waals surface area contributed by atoms with Gasteiger partial charge < -0.3 is 20.4 Å². The molecule has 0 aromatic heterocycles. The predicted molar refractivity (Wildman–Crippen MR) is 138 cm³/mol. The van der Waals surface area contributed by atoms with E-state index in [-0.39, 0.29) is 29.7 Å². The highest BCUT2D eigenvalue weighted by Gasteiger charge is 2.22. The lowest BCUT2D eigenvalue weighted by Crippen LogP contribution is -2.49. The van der Waals surface area contributed by atoms with Gasteiger partial charge in [-0.25, -0.2) is 8.42 Å². The fraction of sp³-hybridized carbons (Fsp3) is 0.952. The molecule has 30 heavy (non-hydrogen) atoms. The second-order valence-corrected chi connectivity index (χ2v) is 11.5. The molecular formula is C21H44IN5O2S. The molecule has 2 aliphatic rings. The molecule has 1 unspecified atom stereocenters. The first kappa shape index (κ1) is 27.9. The van der Waals surface area contributed by atoms with E-state index in [0.717, 1.165) is 50.9 Å². The van der Waals surface area contributed by atoms with Gasteiger partial charge in [-0.15, -0.1) is 24.0 Å². The average molecular weight is 558 g/mol. The first-order valence-corrected chi connectivity index (χ1v) is 13.5. The number of sulfone groups is 1. The van der Waals surface area contributed by atoms with Crippen molar-refractivity contribution in [3.63, 3.8) is 0 Å². The number of aliphatic imine (C=N–C) groups is 1. The molecule has 0 spiro atoms. The van der Waals surface area contributed by atoms with Crippen LogP contribution in [0.3, 0.4) is 0 Å². The molecule has 2 saturated heterocycles. The first-order valence-electron chi connectivity index (χ1n) is 11.4. The fourth-order valence-corrected chi connectivity index (χ4v) is 4.90. The molecule has 0 amide bonds. The first-order chi connectivity index (χ1) is 13.7. The topological polar surface area (TPSA) is 77.0 Å². The zero-order chi connectivity index (χ0) is 21.3. The van der Waals surface area contributed by atoms with Gasteiger partial charge in [0, 0.05) is 58.1 Å². The predicted octanol–water partition coefficient (Wildman–Crippen LogP) is 2.04. The summed E-state index contributed by atoms with van der Waals surface area (Å²) in [5, 5.41) is 7.01. The van der Waals surface area contributed by atoms with Crippen molar-refractivity contribution in [2.24, 2.45) is 16.8 Å². The minimum absolute atomic E-state index is 0. The summed E-state index contributed by atoms with van der Waals surface area (Å²) in [6.45, 7) is 14.6. The van der Waals surface area contributed by atoms with Crippen LogP contribution in [0, 0.1) is 11.8 Å². The minimum Gasteiger partial charge on any atom is -0.357 e. The van der Waals surface area contributed by atoms with Crippen molar-refractivity contribution >= 4 is 39.8 Å². The molecule has 2 aliphatic heterocycles. The van der Waals surface area contributed by atoms with E-state index in [0.29, 0.717) is 18.5 Å². The van der Waals surface area contributed by atoms with Crippen LogP contribution in [0.1, 0.15) is 46.5 Å². The molecular weight excluding hydrogens is 513 g/mol. The van der Waals surface area contributed by atoms with Crippen LogP contribution in [-0.4, -0.2) is 94.6 Å². The molecule has 0 aliphatic carbocycles. The third-order valence-corrected chi connectivity index (χ3v) is 6.71. The van der Waals surface area contributed by atoms with Crippen LogP contribution < -0.4 is 10.6 Å². The molecule has 0 bridgehead atoms. The summed E-state index contributed by atoms with van der Waals surface area (Å²) >= 11 is 0. The summed E-state index contributed by atoms with van der Waals surface area (Å²) in [5.41, 5.74) is 0. The average Bonchev–Trinajstić information content (AvgIpc) is 2.65. The Labute approximate surface area is 201 Å². The number of guanidine groups is 1. The molecule has 2 heterocycles. The SMILES string of the molecule is CCNC(=NCC1CCCN(CC(C)C)C1)NC1CCN(CCS(C)(=O)=O)CC1.I. The normalized spacial score (nSPS) is 22.7. The molecule has 2 N–H and O–H groups in total. The van der Waals surface area contributed by atoms with E-state index in [1.54, 1.807) is 0 Å². The van der Waals surface area contributed by atoms with Crippen molar-refractivity contribution in [3.8, 4) is 0 Å². The maximum atomic E-state index is 11.4. The fourth-order valence-electron chi connectivity index (χ4n) is 4.31. The highest BCUT2D eigenvalue weighted by Crippen LogP contribution is 2.18. The summed E-state index contributed by atoms with van der Waals surface area (Å²) in [5.74, 6) is 2.56. The monoisotopic (exact) mass is 557 g/mol. The Morgan fingerprint density at radius 1 is 1.13 bits per heavy atom. The number of halogens is 1. The van der Waals surface area contributed by atoms with Crippen LogP contribution in [0.4, 0.5) is 0 Å². The quantitative estimate of drug-likeness (QED) is 0.257. The Morgan fingerprint density at radius 3 is 2.43 bits per heavy atom. The van der Waals surface area contributed by atoms with E-state index in [1.807, 2.05) is 0 Å². The van der Waals surface area contributed by atoms with Crippen molar-refractivity contribution in [1.29, 1.82) is 0 Å². The van der Waals surface area contributed by atoms with E-state index in [4.69, 9.17) is 4.99 Å². The Kier molecular flexibility index (Phi) is 13.1. The highest BCUT2D eigenvalue weighted by atomic mass is 127. The van der Waals surface area contributed by atoms with Gasteiger partial charge in [-0.2, -0.15) is 0 Å². The van der Waals surface area contributed by atoms with Crippen molar-refractivity contribution in [2.45, 2.75) is 52.5 Å². The zero-order valence-corrected chi connectivity index (χ0v) is 22.5. The van der Waals surface area contributed by atoms with Gasteiger partial charge in [-0.05, 0) is 51.0 Å². The molecule has 0 saturated carbocycles. The van der Waals surface area contributed by atoms with Crippen LogP contribution in [-0.2, 0) is 9.84 Å². The third kappa shape index (κ3) is 11.5. The van der Waals surface area contributed by atoms with Gasteiger partial charge >= 0.3 is 0 Å². The second kappa shape index (κ2) is 14.1. The maximum absolute atomic E-state index is 11.4. The molecule has 9 heteroatoms. The highest BCUT2D eigenvalue weighted by molar-refractivity contribution is 14.0. The lowest BCUT2D eigenvalue weighted by Gasteiger charge is -2.34. The summed E-state index contributed by atoms with van der Waals surface area (Å²) in [4.78, 5) is 9.76. The smallest absolute Gasteiger partial charge is 0.191 e. The van der Waals surface area contributed by atoms with Gasteiger partial charge in [0.2, 0.25) is 0 Å². The molecule has 1 atom stereocenters. The largest absolute Gasteiger partial charge is 0.357 e. The lowest BCUT2D eigenvalue weighted by atomic mass is 9.97. The Bertz CT molecular complexity index is 607. The van der Waals surface area contributed by atoms with Crippen LogP contribution in [0.25, 0.3) is 0 Å². The van der Waals surface area contributed by atoms with Crippen LogP contribution in [0.15, 0.2) is 4.99 Å². The van der Waals surface area contributed by atoms with E-state index < -0.39 is 9.84 Å². The lowest BCUT2D eigenvalue weighted by molar-refractivity contribution is 0.162. The van der Waals surface area contributed by atoms with Crippen molar-refractivity contribution < 1.29 is 8.42 Å². The number of nitrogens with one attached hydrogen (secondary N) is 2. The Morgan fingerprint density at radius 2 is 1.83 bits per heavy atom. The van der Waals surface area contributed by atoms with Crippen LogP contribution in [0.5, 0.6) is 0 Å². The van der Waals surface area contributed by atoms with Crippen LogP contribution >= 0.6 is 24.0 Å². The Balaban J connectivity index is 0.00000450. The van der Waals surface area contributed by atoms with Gasteiger partial charge in [-0.3, -0.25) is 4.99 Å². The number of rotatable bonds is 9. The van der Waals surface area contributed by atoms with Crippen molar-refractivity contribution in [2.75, 3.05) is 64.4 Å². The number of nitrogens with zero attached hydrogens (tertiary/aromatic N) is 3. The van der Waals surface area contributed by atoms with E-state index in [9.17, 15) is 8.42 Å². The molecule has 7 nitrogen and oxygen atoms in total. The van der Waals surface area contributed by atoms with Crippen molar-refractivity contribution in [1.82, 2.24) is 20.4 Å². The number of hydrogen-bond donors (Lipinski definition) is 2. The third-order valence-electron chi connectivity index (χ3n) is 5.79. The Hall–Kier alpha value is -0.130. The number of hydrogen-bond acceptors (Lipinski definition) is 5. The van der Waals surface area contributed by atoms with E-state index >= 15 is 0 Å². The van der Waals surface area contributed by atoms with Gasteiger partial charge in [0.15, 0.2) is 5.96 Å². The summed E-state index contributed by atoms with van der Waals surface area (Å²) < 4.78 is 22.7. The van der Waals surface area contributed by atoms with Gasteiger partial charge in [-0.1, -0.05) is 13.8 Å². The maximum Gasteiger partial charge on any atom is 0.191 e. The van der Waals surface area contributed by atoms with Crippen molar-refractivity contribution in [3.05, 3.63) is 0 Å². The van der Waals surface area contributed by atoms with Gasteiger partial charge in [0.25, 0.3) is 0 Å². The zero-order valence-electron chi connectivity index (χ0n) is 19.4. The molecule has 0 aromatic rings. The van der Waals surface area contributed by atoms with Gasteiger partial charge in [0.05, 0.1) is 5.75 Å². The second-order valence-electron chi connectivity index (χ2n) is 9.27. The molecule has 2 fully saturated rings. The van der Waals surface area contributed by atoms with Gasteiger partial charge in [0.1, 0.15) is 9.84 Å². The standard InChI is InChI=1S/C21H43N5O2S.HI/c1-5-22-21(23-15-19-7-6-10-26(17-19)16-18(2)3)24-20-8-11-25(12-9-20)13-14-29(4,27)28;/h18-20H,5-17H2,1-4H3,(H2,22,23,24);1H. The summed E-state index contributed by atoms with van der Waals surface area (Å²) in [6.07, 6.45) is 5.92. The summed E-state index contributed by atoms with van der Waals surface area (Å²) in [7, 11) is -2.88. The molecule has 178 valence electrons. The molecule has 2 rings (SSSR count). The minimum atomic E-state index is -2.88. The van der Waals surface area contributed by atoms with E-state index in [2.05, 4.69) is 41.2 Å². The van der Waals surface area contributed by atoms with Crippen LogP contribution in [0.2, 0.25) is 0 Å². The number of likely N-dealkylation sites (tertiary alicyclic amines) is 2. The number of piperidine rings is 2. The van der Waals surface area contributed by atoms with E-state index in [1.165, 1.54) is 38.7 Å². The molecule has 0 aromatic carbocycles. The summed E-state index contributed by atoms with van der Waals surface area (Å²) in [6, 6.07) is 0.408.